The lowest BCUT2D eigenvalue weighted by Crippen LogP contribution is -2.20. The molecule has 1 aromatic carbocycles. The lowest BCUT2D eigenvalue weighted by Gasteiger charge is -2.10. The van der Waals surface area contributed by atoms with E-state index in [1.54, 1.807) is 30.3 Å². The Kier molecular flexibility index (Phi) is 6.46. The fourth-order valence-electron chi connectivity index (χ4n) is 2.65. The van der Waals surface area contributed by atoms with E-state index in [4.69, 9.17) is 4.74 Å². The molecule has 0 bridgehead atoms. The second-order valence-electron chi connectivity index (χ2n) is 6.38. The third-order valence-corrected chi connectivity index (χ3v) is 5.71. The van der Waals surface area contributed by atoms with Crippen LogP contribution in [0.2, 0.25) is 0 Å². The van der Waals surface area contributed by atoms with Crippen molar-refractivity contribution in [3.05, 3.63) is 47.8 Å². The van der Waals surface area contributed by atoms with Gasteiger partial charge in [-0.2, -0.15) is 0 Å². The van der Waals surface area contributed by atoms with Gasteiger partial charge in [-0.3, -0.25) is 0 Å². The summed E-state index contributed by atoms with van der Waals surface area (Å²) < 4.78 is 33.8. The van der Waals surface area contributed by atoms with Crippen molar-refractivity contribution in [1.29, 1.82) is 0 Å². The summed E-state index contributed by atoms with van der Waals surface area (Å²) in [6, 6.07) is 10.1. The van der Waals surface area contributed by atoms with E-state index in [-0.39, 0.29) is 33.7 Å². The van der Waals surface area contributed by atoms with Gasteiger partial charge in [-0.1, -0.05) is 18.2 Å². The molecule has 0 radical (unpaired) electrons. The Labute approximate surface area is 165 Å². The van der Waals surface area contributed by atoms with Crippen molar-refractivity contribution in [2.75, 3.05) is 27.2 Å². The molecule has 3 aromatic rings. The predicted octanol–water partition coefficient (Wildman–Crippen LogP) is 2.54. The predicted molar refractivity (Wildman–Crippen MR) is 106 cm³/mol. The summed E-state index contributed by atoms with van der Waals surface area (Å²) in [7, 11) is 0.0192. The molecule has 0 unspecified atom stereocenters. The van der Waals surface area contributed by atoms with Crippen molar-refractivity contribution in [2.45, 2.75) is 23.6 Å². The molecule has 0 aliphatic rings. The number of sulfone groups is 1. The highest BCUT2D eigenvalue weighted by Crippen LogP contribution is 2.32. The molecule has 146 valence electrons. The Bertz CT molecular complexity index is 1030. The van der Waals surface area contributed by atoms with E-state index >= 15 is 0 Å². The first-order valence-corrected chi connectivity index (χ1v) is 9.73. The van der Waals surface area contributed by atoms with Crippen LogP contribution >= 0.6 is 12.4 Å². The van der Waals surface area contributed by atoms with Crippen molar-refractivity contribution >= 4 is 27.9 Å². The minimum absolute atomic E-state index is 0. The van der Waals surface area contributed by atoms with Crippen LogP contribution in [0.4, 0.5) is 0 Å². The Morgan fingerprint density at radius 1 is 1.15 bits per heavy atom. The molecule has 0 spiro atoms. The first-order valence-electron chi connectivity index (χ1n) is 8.25. The number of halogens is 1. The zero-order chi connectivity index (χ0) is 18.9. The van der Waals surface area contributed by atoms with Crippen molar-refractivity contribution < 1.29 is 13.2 Å². The summed E-state index contributed by atoms with van der Waals surface area (Å²) in [5.41, 5.74) is 1.80. The smallest absolute Gasteiger partial charge is 0.255 e. The second kappa shape index (κ2) is 8.24. The third-order valence-electron chi connectivity index (χ3n) is 3.92. The van der Waals surface area contributed by atoms with Crippen molar-refractivity contribution in [3.63, 3.8) is 0 Å². The molecule has 0 atom stereocenters. The molecule has 0 amide bonds. The number of hydrogen-bond acceptors (Lipinski definition) is 6. The second-order valence-corrected chi connectivity index (χ2v) is 8.26. The fourth-order valence-corrected chi connectivity index (χ4v) is 4.11. The van der Waals surface area contributed by atoms with E-state index in [1.807, 2.05) is 38.9 Å². The van der Waals surface area contributed by atoms with Gasteiger partial charge < -0.3 is 9.64 Å². The maximum absolute atomic E-state index is 13.3. The van der Waals surface area contributed by atoms with Crippen LogP contribution in [0.25, 0.3) is 5.65 Å². The van der Waals surface area contributed by atoms with Gasteiger partial charge in [-0.15, -0.1) is 17.5 Å². The first kappa shape index (κ1) is 21.1. The molecular weight excluding hydrogens is 388 g/mol. The van der Waals surface area contributed by atoms with Crippen molar-refractivity contribution in [1.82, 2.24) is 19.5 Å². The van der Waals surface area contributed by atoms with Gasteiger partial charge in [-0.25, -0.2) is 17.9 Å². The van der Waals surface area contributed by atoms with E-state index < -0.39 is 9.84 Å². The molecule has 2 aromatic heterocycles. The zero-order valence-corrected chi connectivity index (χ0v) is 17.3. The van der Waals surface area contributed by atoms with Crippen LogP contribution in [-0.2, 0) is 9.84 Å². The summed E-state index contributed by atoms with van der Waals surface area (Å²) in [6.45, 7) is 4.65. The lowest BCUT2D eigenvalue weighted by atomic mass is 10.3. The lowest BCUT2D eigenvalue weighted by molar-refractivity contribution is 0.248. The Morgan fingerprint density at radius 2 is 1.81 bits per heavy atom. The van der Waals surface area contributed by atoms with Gasteiger partial charge in [-0.05, 0) is 46.1 Å². The number of fused-ring (bicyclic) bond motifs is 1. The summed E-state index contributed by atoms with van der Waals surface area (Å²) in [4.78, 5) is 6.57. The minimum atomic E-state index is -3.82. The molecule has 0 aliphatic heterocycles. The van der Waals surface area contributed by atoms with Gasteiger partial charge in [0.15, 0.2) is 10.5 Å². The fraction of sp³-hybridized carbons (Fsp3) is 0.333. The Morgan fingerprint density at radius 3 is 2.44 bits per heavy atom. The van der Waals surface area contributed by atoms with Crippen LogP contribution in [0.3, 0.4) is 0 Å². The van der Waals surface area contributed by atoms with Crippen LogP contribution in [0.5, 0.6) is 5.88 Å². The van der Waals surface area contributed by atoms with Crippen LogP contribution in [-0.4, -0.2) is 55.2 Å². The highest BCUT2D eigenvalue weighted by molar-refractivity contribution is 7.91. The zero-order valence-electron chi connectivity index (χ0n) is 15.7. The van der Waals surface area contributed by atoms with E-state index in [9.17, 15) is 8.42 Å². The average Bonchev–Trinajstić information content (AvgIpc) is 2.94. The van der Waals surface area contributed by atoms with E-state index in [0.29, 0.717) is 13.2 Å². The molecule has 2 heterocycles. The van der Waals surface area contributed by atoms with E-state index in [1.165, 1.54) is 4.52 Å². The number of ether oxygens (including phenoxy) is 1. The normalized spacial score (nSPS) is 11.6. The topological polar surface area (TPSA) is 76.8 Å². The molecule has 0 aliphatic carbocycles. The quantitative estimate of drug-likeness (QED) is 0.621. The number of hydrogen-bond donors (Lipinski definition) is 0. The largest absolute Gasteiger partial charge is 0.474 e. The summed E-state index contributed by atoms with van der Waals surface area (Å²) >= 11 is 0. The highest BCUT2D eigenvalue weighted by atomic mass is 35.5. The maximum atomic E-state index is 13.3. The van der Waals surface area contributed by atoms with Gasteiger partial charge in [0.2, 0.25) is 9.84 Å². The minimum Gasteiger partial charge on any atom is -0.474 e. The summed E-state index contributed by atoms with van der Waals surface area (Å²) in [5.74, 6) is 0.0805. The molecule has 9 heteroatoms. The maximum Gasteiger partial charge on any atom is 0.255 e. The molecule has 7 nitrogen and oxygen atoms in total. The highest BCUT2D eigenvalue weighted by Gasteiger charge is 2.30. The number of likely N-dealkylation sites (N-methyl/N-ethyl adjacent to an activating group) is 1. The molecular formula is C18H23ClN4O3S. The number of aromatic nitrogens is 3. The summed E-state index contributed by atoms with van der Waals surface area (Å²) in [6.07, 6.45) is 0. The molecule has 27 heavy (non-hydrogen) atoms. The van der Waals surface area contributed by atoms with Gasteiger partial charge in [0.25, 0.3) is 5.88 Å². The molecule has 0 N–H and O–H groups in total. The molecule has 0 saturated carbocycles. The van der Waals surface area contributed by atoms with Crippen LogP contribution in [0.1, 0.15) is 11.4 Å². The van der Waals surface area contributed by atoms with Crippen LogP contribution < -0.4 is 4.74 Å². The number of nitrogens with zero attached hydrogens (tertiary/aromatic N) is 4. The molecule has 0 saturated heterocycles. The summed E-state index contributed by atoms with van der Waals surface area (Å²) in [5, 5.41) is 4.38. The van der Waals surface area contributed by atoms with Crippen LogP contribution in [0.15, 0.2) is 46.2 Å². The van der Waals surface area contributed by atoms with Crippen molar-refractivity contribution in [3.8, 4) is 5.88 Å². The number of rotatable bonds is 6. The Hall–Kier alpha value is -2.16. The first-order chi connectivity index (χ1) is 12.3. The van der Waals surface area contributed by atoms with Crippen molar-refractivity contribution in [2.24, 2.45) is 0 Å². The third kappa shape index (κ3) is 4.23. The van der Waals surface area contributed by atoms with Gasteiger partial charge in [0.05, 0.1) is 4.90 Å². The number of benzene rings is 1. The van der Waals surface area contributed by atoms with Gasteiger partial charge in [0.1, 0.15) is 6.61 Å². The SMILES string of the molecule is Cc1cc(C)n2nc(OCCN(C)C)c(S(=O)(=O)c3ccccc3)c2n1.Cl. The Balaban J connectivity index is 0.00000261. The monoisotopic (exact) mass is 410 g/mol. The average molecular weight is 411 g/mol. The molecule has 0 fully saturated rings. The van der Waals surface area contributed by atoms with Crippen LogP contribution in [0, 0.1) is 13.8 Å². The van der Waals surface area contributed by atoms with E-state index in [0.717, 1.165) is 11.4 Å². The standard InChI is InChI=1S/C18H22N4O3S.ClH/c1-13-12-14(2)22-17(19-13)16(18(20-22)25-11-10-21(3)4)26(23,24)15-8-6-5-7-9-15;/h5-9,12H,10-11H2,1-4H3;1H. The molecule has 3 rings (SSSR count). The number of aryl methyl sites for hydroxylation is 2. The van der Waals surface area contributed by atoms with E-state index in [2.05, 4.69) is 10.1 Å². The van der Waals surface area contributed by atoms with Gasteiger partial charge in [0, 0.05) is 17.9 Å². The van der Waals surface area contributed by atoms with Gasteiger partial charge >= 0.3 is 0 Å².